The zero-order chi connectivity index (χ0) is 13.9. The highest BCUT2D eigenvalue weighted by molar-refractivity contribution is 6.01. The number of rotatable bonds is 4. The minimum atomic E-state index is -0.666. The molecular formula is C16H23NO2. The van der Waals surface area contributed by atoms with Crippen LogP contribution in [0.4, 0.5) is 5.69 Å². The van der Waals surface area contributed by atoms with Gasteiger partial charge in [-0.15, -0.1) is 0 Å². The number of carbonyl (C=O) groups excluding carboxylic acids is 1. The molecular weight excluding hydrogens is 238 g/mol. The van der Waals surface area contributed by atoms with E-state index in [1.54, 1.807) is 0 Å². The summed E-state index contributed by atoms with van der Waals surface area (Å²) in [5.74, 6) is 0.217. The summed E-state index contributed by atoms with van der Waals surface area (Å²) in [6.45, 7) is 5.46. The zero-order valence-corrected chi connectivity index (χ0v) is 11.9. The van der Waals surface area contributed by atoms with Gasteiger partial charge >= 0.3 is 0 Å². The molecule has 0 spiro atoms. The molecule has 0 aliphatic carbocycles. The van der Waals surface area contributed by atoms with Crippen LogP contribution in [-0.4, -0.2) is 29.6 Å². The normalized spacial score (nSPS) is 16.2. The topological polar surface area (TPSA) is 40.5 Å². The molecule has 3 heteroatoms. The molecule has 0 aromatic heterocycles. The predicted molar refractivity (Wildman–Crippen MR) is 77.8 cm³/mol. The quantitative estimate of drug-likeness (QED) is 0.905. The number of Topliss-reactive ketones (excluding diaryl/α,β-unsaturated/α-hetero) is 1. The number of benzene rings is 1. The highest BCUT2D eigenvalue weighted by atomic mass is 16.3. The van der Waals surface area contributed by atoms with Crippen molar-refractivity contribution in [3.63, 3.8) is 0 Å². The van der Waals surface area contributed by atoms with Gasteiger partial charge in [-0.3, -0.25) is 4.79 Å². The second-order valence-electron chi connectivity index (χ2n) is 5.40. The lowest BCUT2D eigenvalue weighted by molar-refractivity contribution is 0.0393. The van der Waals surface area contributed by atoms with Crippen molar-refractivity contribution in [1.29, 1.82) is 0 Å². The zero-order valence-electron chi connectivity index (χ0n) is 11.9. The first-order valence-electron chi connectivity index (χ1n) is 7.19. The monoisotopic (exact) mass is 261 g/mol. The summed E-state index contributed by atoms with van der Waals surface area (Å²) in [5.41, 5.74) is 1.11. The third kappa shape index (κ3) is 2.98. The molecule has 0 amide bonds. The summed E-state index contributed by atoms with van der Waals surface area (Å²) >= 11 is 0. The molecule has 1 heterocycles. The van der Waals surface area contributed by atoms with Gasteiger partial charge in [0.25, 0.3) is 0 Å². The van der Waals surface area contributed by atoms with Gasteiger partial charge in [0.2, 0.25) is 0 Å². The Morgan fingerprint density at radius 3 is 2.63 bits per heavy atom. The van der Waals surface area contributed by atoms with E-state index >= 15 is 0 Å². The molecule has 0 radical (unpaired) electrons. The maximum atomic E-state index is 12.1. The fraction of sp³-hybridized carbons (Fsp3) is 0.562. The molecule has 1 aromatic carbocycles. The summed E-state index contributed by atoms with van der Waals surface area (Å²) < 4.78 is 0. The van der Waals surface area contributed by atoms with Crippen molar-refractivity contribution in [3.05, 3.63) is 29.8 Å². The van der Waals surface area contributed by atoms with Crippen LogP contribution in [0.15, 0.2) is 24.3 Å². The average Bonchev–Trinajstić information content (AvgIpc) is 2.60. The Hall–Kier alpha value is -1.35. The average molecular weight is 261 g/mol. The van der Waals surface area contributed by atoms with Crippen molar-refractivity contribution in [2.24, 2.45) is 0 Å². The van der Waals surface area contributed by atoms with Crippen molar-refractivity contribution in [2.45, 2.75) is 45.1 Å². The summed E-state index contributed by atoms with van der Waals surface area (Å²) in [7, 11) is 0. The number of hydrogen-bond donors (Lipinski definition) is 1. The van der Waals surface area contributed by atoms with E-state index in [1.165, 1.54) is 0 Å². The molecule has 1 aromatic rings. The molecule has 0 unspecified atom stereocenters. The van der Waals surface area contributed by atoms with E-state index < -0.39 is 5.60 Å². The predicted octanol–water partition coefficient (Wildman–Crippen LogP) is 3.02. The van der Waals surface area contributed by atoms with Crippen molar-refractivity contribution in [1.82, 2.24) is 0 Å². The minimum absolute atomic E-state index is 0.217. The first-order chi connectivity index (χ1) is 9.09. The SMILES string of the molecule is CCC(O)(CC)CN1CCCC(=O)c2ccccc21. The van der Waals surface area contributed by atoms with Crippen molar-refractivity contribution >= 4 is 11.5 Å². The van der Waals surface area contributed by atoms with E-state index in [1.807, 2.05) is 38.1 Å². The van der Waals surface area contributed by atoms with E-state index in [9.17, 15) is 9.90 Å². The van der Waals surface area contributed by atoms with Crippen LogP contribution in [0, 0.1) is 0 Å². The summed E-state index contributed by atoms with van der Waals surface area (Å²) in [5, 5.41) is 10.5. The van der Waals surface area contributed by atoms with E-state index in [0.717, 1.165) is 37.1 Å². The lowest BCUT2D eigenvalue weighted by Crippen LogP contribution is -2.42. The van der Waals surface area contributed by atoms with Crippen LogP contribution >= 0.6 is 0 Å². The summed E-state index contributed by atoms with van der Waals surface area (Å²) in [6.07, 6.45) is 2.92. The van der Waals surface area contributed by atoms with Crippen LogP contribution in [0.5, 0.6) is 0 Å². The largest absolute Gasteiger partial charge is 0.388 e. The molecule has 3 nitrogen and oxygen atoms in total. The van der Waals surface area contributed by atoms with E-state index in [-0.39, 0.29) is 5.78 Å². The van der Waals surface area contributed by atoms with Gasteiger partial charge in [-0.05, 0) is 31.4 Å². The number of para-hydroxylation sites is 1. The van der Waals surface area contributed by atoms with Gasteiger partial charge in [0.15, 0.2) is 5.78 Å². The maximum absolute atomic E-state index is 12.1. The number of β-amino-alcohol motifs (C(OH)–C–C–N with tert-alkyl or cyclic N) is 1. The van der Waals surface area contributed by atoms with Crippen molar-refractivity contribution in [3.8, 4) is 0 Å². The van der Waals surface area contributed by atoms with Gasteiger partial charge in [0, 0.05) is 30.8 Å². The van der Waals surface area contributed by atoms with Crippen molar-refractivity contribution < 1.29 is 9.90 Å². The number of hydrogen-bond acceptors (Lipinski definition) is 3. The fourth-order valence-electron chi connectivity index (χ4n) is 2.66. The van der Waals surface area contributed by atoms with E-state index in [2.05, 4.69) is 4.90 Å². The number of nitrogens with zero attached hydrogens (tertiary/aromatic N) is 1. The smallest absolute Gasteiger partial charge is 0.165 e. The van der Waals surface area contributed by atoms with Gasteiger partial charge in [-0.2, -0.15) is 0 Å². The van der Waals surface area contributed by atoms with Crippen LogP contribution in [0.25, 0.3) is 0 Å². The Balaban J connectivity index is 2.31. The molecule has 1 N–H and O–H groups in total. The van der Waals surface area contributed by atoms with Gasteiger partial charge in [0.05, 0.1) is 5.60 Å². The lowest BCUT2D eigenvalue weighted by atomic mass is 9.96. The Morgan fingerprint density at radius 2 is 1.95 bits per heavy atom. The fourth-order valence-corrected chi connectivity index (χ4v) is 2.66. The Morgan fingerprint density at radius 1 is 1.26 bits per heavy atom. The molecule has 0 saturated carbocycles. The van der Waals surface area contributed by atoms with Gasteiger partial charge in [-0.1, -0.05) is 26.0 Å². The van der Waals surface area contributed by atoms with Gasteiger partial charge < -0.3 is 10.0 Å². The second-order valence-corrected chi connectivity index (χ2v) is 5.40. The van der Waals surface area contributed by atoms with Crippen LogP contribution in [0.1, 0.15) is 49.9 Å². The Kier molecular flexibility index (Phi) is 4.25. The van der Waals surface area contributed by atoms with Crippen LogP contribution in [0.3, 0.4) is 0 Å². The van der Waals surface area contributed by atoms with Crippen molar-refractivity contribution in [2.75, 3.05) is 18.0 Å². The first-order valence-corrected chi connectivity index (χ1v) is 7.19. The molecule has 1 aliphatic heterocycles. The summed E-state index contributed by atoms with van der Waals surface area (Å²) in [6, 6.07) is 7.75. The highest BCUT2D eigenvalue weighted by Gasteiger charge is 2.28. The summed E-state index contributed by atoms with van der Waals surface area (Å²) in [4.78, 5) is 14.2. The van der Waals surface area contributed by atoms with Crippen LogP contribution < -0.4 is 4.90 Å². The maximum Gasteiger partial charge on any atom is 0.165 e. The second kappa shape index (κ2) is 5.74. The van der Waals surface area contributed by atoms with Gasteiger partial charge in [-0.25, -0.2) is 0 Å². The third-order valence-electron chi connectivity index (χ3n) is 4.18. The molecule has 19 heavy (non-hydrogen) atoms. The Labute approximate surface area is 115 Å². The number of ketones is 1. The van der Waals surface area contributed by atoms with Crippen LogP contribution in [0.2, 0.25) is 0 Å². The number of fused-ring (bicyclic) bond motifs is 1. The first kappa shape index (κ1) is 14.1. The third-order valence-corrected chi connectivity index (χ3v) is 4.18. The molecule has 0 fully saturated rings. The number of anilines is 1. The molecule has 0 atom stereocenters. The molecule has 104 valence electrons. The van der Waals surface area contributed by atoms with Gasteiger partial charge in [0.1, 0.15) is 0 Å². The Bertz CT molecular complexity index is 452. The number of carbonyl (C=O) groups is 1. The standard InChI is InChI=1S/C16H23NO2/c1-3-16(19,4-2)12-17-11-7-10-15(18)13-8-5-6-9-14(13)17/h5-6,8-9,19H,3-4,7,10-12H2,1-2H3. The lowest BCUT2D eigenvalue weighted by Gasteiger charge is -2.34. The van der Waals surface area contributed by atoms with E-state index in [4.69, 9.17) is 0 Å². The highest BCUT2D eigenvalue weighted by Crippen LogP contribution is 2.28. The molecule has 2 rings (SSSR count). The molecule has 0 bridgehead atoms. The van der Waals surface area contributed by atoms with E-state index in [0.29, 0.717) is 13.0 Å². The number of aliphatic hydroxyl groups is 1. The van der Waals surface area contributed by atoms with Crippen LogP contribution in [-0.2, 0) is 0 Å². The molecule has 1 aliphatic rings. The minimum Gasteiger partial charge on any atom is -0.388 e. The molecule has 0 saturated heterocycles.